The highest BCUT2D eigenvalue weighted by Gasteiger charge is 2.25. The van der Waals surface area contributed by atoms with Crippen molar-refractivity contribution in [1.82, 2.24) is 14.8 Å². The molecule has 0 radical (unpaired) electrons. The van der Waals surface area contributed by atoms with Crippen LogP contribution in [0.4, 0.5) is 5.95 Å². The van der Waals surface area contributed by atoms with Crippen LogP contribution in [0.3, 0.4) is 0 Å². The maximum absolute atomic E-state index is 8.98. The molecule has 0 saturated carbocycles. The molecule has 2 aliphatic heterocycles. The smallest absolute Gasteiger partial charge is 0.228 e. The summed E-state index contributed by atoms with van der Waals surface area (Å²) in [5.74, 6) is 2.46. The Hall–Kier alpha value is -2.24. The van der Waals surface area contributed by atoms with Crippen molar-refractivity contribution in [2.24, 2.45) is 0 Å². The Morgan fingerprint density at radius 3 is 2.93 bits per heavy atom. The van der Waals surface area contributed by atoms with Gasteiger partial charge in [-0.15, -0.1) is 10.2 Å². The first-order valence-corrected chi connectivity index (χ1v) is 10.9. The first-order chi connectivity index (χ1) is 13.8. The molecule has 1 unspecified atom stereocenters. The van der Waals surface area contributed by atoms with Gasteiger partial charge in [-0.1, -0.05) is 17.8 Å². The molecule has 148 valence electrons. The van der Waals surface area contributed by atoms with Crippen molar-refractivity contribution < 1.29 is 9.47 Å². The van der Waals surface area contributed by atoms with Crippen LogP contribution in [0.1, 0.15) is 31.2 Å². The second-order valence-corrected chi connectivity index (χ2v) is 8.12. The lowest BCUT2D eigenvalue weighted by atomic mass is 10.2. The molecule has 3 heterocycles. The van der Waals surface area contributed by atoms with Crippen LogP contribution in [-0.4, -0.2) is 52.9 Å². The third-order valence-corrected chi connectivity index (χ3v) is 5.97. The van der Waals surface area contributed by atoms with Gasteiger partial charge in [-0.05, 0) is 43.9 Å². The maximum atomic E-state index is 8.98. The molecule has 0 aliphatic carbocycles. The molecule has 2 fully saturated rings. The predicted molar refractivity (Wildman–Crippen MR) is 108 cm³/mol. The Morgan fingerprint density at radius 2 is 2.14 bits per heavy atom. The van der Waals surface area contributed by atoms with E-state index in [0.29, 0.717) is 12.2 Å². The molecule has 0 amide bonds. The van der Waals surface area contributed by atoms with Crippen LogP contribution < -0.4 is 9.64 Å². The molecule has 4 rings (SSSR count). The summed E-state index contributed by atoms with van der Waals surface area (Å²) in [6, 6.07) is 9.37. The van der Waals surface area contributed by atoms with E-state index < -0.39 is 0 Å². The Kier molecular flexibility index (Phi) is 6.34. The van der Waals surface area contributed by atoms with Crippen molar-refractivity contribution in [2.45, 2.75) is 43.5 Å². The van der Waals surface area contributed by atoms with Crippen molar-refractivity contribution in [1.29, 1.82) is 5.26 Å². The average molecular weight is 400 g/mol. The van der Waals surface area contributed by atoms with E-state index in [1.165, 1.54) is 12.8 Å². The van der Waals surface area contributed by atoms with E-state index in [-0.39, 0.29) is 6.10 Å². The van der Waals surface area contributed by atoms with Crippen molar-refractivity contribution in [3.05, 3.63) is 29.8 Å². The second kappa shape index (κ2) is 9.30. The Bertz CT molecular complexity index is 822. The van der Waals surface area contributed by atoms with Crippen LogP contribution in [0.5, 0.6) is 5.75 Å². The molecule has 1 aromatic heterocycles. The van der Waals surface area contributed by atoms with Crippen LogP contribution in [0.2, 0.25) is 0 Å². The van der Waals surface area contributed by atoms with E-state index in [0.717, 1.165) is 61.7 Å². The van der Waals surface area contributed by atoms with Crippen molar-refractivity contribution >= 4 is 17.7 Å². The van der Waals surface area contributed by atoms with Crippen molar-refractivity contribution in [3.63, 3.8) is 0 Å². The normalized spacial score (nSPS) is 19.1. The van der Waals surface area contributed by atoms with Gasteiger partial charge in [-0.3, -0.25) is 4.57 Å². The highest BCUT2D eigenvalue weighted by atomic mass is 32.2. The van der Waals surface area contributed by atoms with Crippen molar-refractivity contribution in [3.8, 4) is 11.8 Å². The highest BCUT2D eigenvalue weighted by Crippen LogP contribution is 2.27. The number of hydrogen-bond donors (Lipinski definition) is 0. The van der Waals surface area contributed by atoms with Gasteiger partial charge in [0, 0.05) is 25.4 Å². The number of hydrogen-bond acceptors (Lipinski definition) is 7. The summed E-state index contributed by atoms with van der Waals surface area (Å²) in [5.41, 5.74) is 0.608. The first kappa shape index (κ1) is 19.1. The van der Waals surface area contributed by atoms with Gasteiger partial charge in [0.1, 0.15) is 5.75 Å². The molecule has 8 heteroatoms. The lowest BCUT2D eigenvalue weighted by Gasteiger charge is -2.20. The van der Waals surface area contributed by atoms with E-state index in [9.17, 15) is 0 Å². The minimum absolute atomic E-state index is 0.252. The molecule has 7 nitrogen and oxygen atoms in total. The summed E-state index contributed by atoms with van der Waals surface area (Å²) < 4.78 is 13.9. The Balaban J connectivity index is 1.38. The third kappa shape index (κ3) is 4.59. The molecule has 1 aromatic carbocycles. The van der Waals surface area contributed by atoms with Crippen LogP contribution in [-0.2, 0) is 11.3 Å². The van der Waals surface area contributed by atoms with Gasteiger partial charge in [-0.25, -0.2) is 0 Å². The van der Waals surface area contributed by atoms with Gasteiger partial charge in [0.05, 0.1) is 30.9 Å². The largest absolute Gasteiger partial charge is 0.493 e. The van der Waals surface area contributed by atoms with Gasteiger partial charge in [0.25, 0.3) is 0 Å². The van der Waals surface area contributed by atoms with E-state index in [2.05, 4.69) is 25.7 Å². The van der Waals surface area contributed by atoms with E-state index in [1.807, 2.05) is 12.1 Å². The van der Waals surface area contributed by atoms with Crippen molar-refractivity contribution in [2.75, 3.05) is 37.0 Å². The van der Waals surface area contributed by atoms with Gasteiger partial charge in [0.15, 0.2) is 5.16 Å². The summed E-state index contributed by atoms with van der Waals surface area (Å²) in [6.45, 7) is 4.31. The molecule has 28 heavy (non-hydrogen) atoms. The van der Waals surface area contributed by atoms with Gasteiger partial charge < -0.3 is 14.4 Å². The van der Waals surface area contributed by atoms with E-state index in [4.69, 9.17) is 14.7 Å². The fourth-order valence-electron chi connectivity index (χ4n) is 3.64. The minimum Gasteiger partial charge on any atom is -0.493 e. The number of benzene rings is 1. The Morgan fingerprint density at radius 1 is 1.25 bits per heavy atom. The molecular weight excluding hydrogens is 374 g/mol. The highest BCUT2D eigenvalue weighted by molar-refractivity contribution is 7.99. The zero-order valence-corrected chi connectivity index (χ0v) is 16.7. The zero-order chi connectivity index (χ0) is 19.2. The van der Waals surface area contributed by atoms with Crippen LogP contribution in [0.25, 0.3) is 0 Å². The van der Waals surface area contributed by atoms with Crippen LogP contribution in [0, 0.1) is 11.3 Å². The molecule has 2 saturated heterocycles. The quantitative estimate of drug-likeness (QED) is 0.499. The van der Waals surface area contributed by atoms with E-state index in [1.54, 1.807) is 23.9 Å². The first-order valence-electron chi connectivity index (χ1n) is 9.89. The summed E-state index contributed by atoms with van der Waals surface area (Å²) in [5, 5.41) is 18.8. The summed E-state index contributed by atoms with van der Waals surface area (Å²) in [6.07, 6.45) is 4.90. The molecule has 1 atom stereocenters. The molecule has 2 aromatic rings. The monoisotopic (exact) mass is 399 g/mol. The predicted octanol–water partition coefficient (Wildman–Crippen LogP) is 3.10. The lowest BCUT2D eigenvalue weighted by Crippen LogP contribution is -2.25. The standard InChI is InChI=1S/C20H25N5O2S/c21-14-16-5-3-6-17(13-16)27-11-12-28-20-23-22-19(24-8-1-2-9-24)25(20)15-18-7-4-10-26-18/h3,5-6,13,18H,1-2,4,7-12,15H2. The van der Waals surface area contributed by atoms with Gasteiger partial charge >= 0.3 is 0 Å². The number of thioether (sulfide) groups is 1. The third-order valence-electron chi connectivity index (χ3n) is 5.04. The number of nitriles is 1. The topological polar surface area (TPSA) is 76.2 Å². The van der Waals surface area contributed by atoms with Crippen LogP contribution in [0.15, 0.2) is 29.4 Å². The molecule has 0 bridgehead atoms. The lowest BCUT2D eigenvalue weighted by molar-refractivity contribution is 0.0952. The number of rotatable bonds is 8. The van der Waals surface area contributed by atoms with Crippen LogP contribution >= 0.6 is 11.8 Å². The van der Waals surface area contributed by atoms with Gasteiger partial charge in [0.2, 0.25) is 5.95 Å². The molecular formula is C20H25N5O2S. The maximum Gasteiger partial charge on any atom is 0.228 e. The average Bonchev–Trinajstić information content (AvgIpc) is 3.48. The molecule has 0 spiro atoms. The Labute approximate surface area is 169 Å². The minimum atomic E-state index is 0.252. The second-order valence-electron chi connectivity index (χ2n) is 7.06. The summed E-state index contributed by atoms with van der Waals surface area (Å²) in [7, 11) is 0. The SMILES string of the molecule is N#Cc1cccc(OCCSc2nnc(N3CCCC3)n2CC2CCCO2)c1. The molecule has 0 N–H and O–H groups in total. The number of ether oxygens (including phenoxy) is 2. The zero-order valence-electron chi connectivity index (χ0n) is 15.9. The summed E-state index contributed by atoms with van der Waals surface area (Å²) in [4.78, 5) is 2.33. The fourth-order valence-corrected chi connectivity index (χ4v) is 4.40. The molecule has 2 aliphatic rings. The number of nitrogens with zero attached hydrogens (tertiary/aromatic N) is 5. The number of aromatic nitrogens is 3. The number of anilines is 1. The van der Waals surface area contributed by atoms with Gasteiger partial charge in [-0.2, -0.15) is 5.26 Å². The summed E-state index contributed by atoms with van der Waals surface area (Å²) >= 11 is 1.66. The fraction of sp³-hybridized carbons (Fsp3) is 0.550. The van der Waals surface area contributed by atoms with E-state index >= 15 is 0 Å².